The maximum atomic E-state index is 12.3. The Balaban J connectivity index is 2.58. The summed E-state index contributed by atoms with van der Waals surface area (Å²) in [6.45, 7) is 3.01. The molecule has 1 fully saturated rings. The quantitative estimate of drug-likeness (QED) is 0.177. The van der Waals surface area contributed by atoms with Crippen LogP contribution in [-0.2, 0) is 28.5 Å². The second-order valence-corrected chi connectivity index (χ2v) is 8.45. The molecule has 4 N–H and O–H groups in total. The van der Waals surface area contributed by atoms with Crippen LogP contribution in [0.15, 0.2) is 0 Å². The van der Waals surface area contributed by atoms with Gasteiger partial charge in [-0.25, -0.2) is 0 Å². The van der Waals surface area contributed by atoms with Crippen LogP contribution in [0.2, 0.25) is 0 Å². The Morgan fingerprint density at radius 2 is 1.45 bits per heavy atom. The van der Waals surface area contributed by atoms with E-state index in [0.29, 0.717) is 12.8 Å². The van der Waals surface area contributed by atoms with Crippen molar-refractivity contribution >= 4 is 11.9 Å². The van der Waals surface area contributed by atoms with Gasteiger partial charge < -0.3 is 39.4 Å². The zero-order valence-electron chi connectivity index (χ0n) is 19.9. The number of hydrogen-bond acceptors (Lipinski definition) is 10. The van der Waals surface area contributed by atoms with Crippen LogP contribution in [-0.4, -0.2) is 89.0 Å². The summed E-state index contributed by atoms with van der Waals surface area (Å²) >= 11 is 0. The zero-order valence-corrected chi connectivity index (χ0v) is 19.9. The minimum atomic E-state index is -1.58. The first-order chi connectivity index (χ1) is 15.8. The molecular weight excluding hydrogens is 436 g/mol. The summed E-state index contributed by atoms with van der Waals surface area (Å²) in [5, 5.41) is 39.1. The highest BCUT2D eigenvalue weighted by atomic mass is 16.7. The van der Waals surface area contributed by atoms with Gasteiger partial charge in [0.25, 0.3) is 0 Å². The van der Waals surface area contributed by atoms with Gasteiger partial charge in [0.15, 0.2) is 12.4 Å². The van der Waals surface area contributed by atoms with Gasteiger partial charge in [0.2, 0.25) is 0 Å². The summed E-state index contributed by atoms with van der Waals surface area (Å²) in [7, 11) is 0. The van der Waals surface area contributed by atoms with Gasteiger partial charge >= 0.3 is 11.9 Å². The molecule has 0 spiro atoms. The highest BCUT2D eigenvalue weighted by Gasteiger charge is 2.44. The van der Waals surface area contributed by atoms with Crippen LogP contribution in [0.4, 0.5) is 0 Å². The molecule has 0 aromatic carbocycles. The minimum Gasteiger partial charge on any atom is -0.462 e. The summed E-state index contributed by atoms with van der Waals surface area (Å²) in [6, 6.07) is 0. The van der Waals surface area contributed by atoms with Gasteiger partial charge in [-0.15, -0.1) is 0 Å². The summed E-state index contributed by atoms with van der Waals surface area (Å²) in [5.41, 5.74) is 0. The molecule has 10 heteroatoms. The first-order valence-electron chi connectivity index (χ1n) is 12.1. The fourth-order valence-electron chi connectivity index (χ4n) is 3.40. The van der Waals surface area contributed by atoms with E-state index in [2.05, 4.69) is 6.92 Å². The molecule has 1 aliphatic heterocycles. The van der Waals surface area contributed by atoms with Gasteiger partial charge in [0, 0.05) is 12.8 Å². The Morgan fingerprint density at radius 3 is 2.12 bits per heavy atom. The van der Waals surface area contributed by atoms with Crippen molar-refractivity contribution in [2.45, 2.75) is 115 Å². The molecular formula is C23H42O10. The maximum Gasteiger partial charge on any atom is 0.306 e. The lowest BCUT2D eigenvalue weighted by Crippen LogP contribution is -2.59. The molecule has 0 saturated carbocycles. The smallest absolute Gasteiger partial charge is 0.306 e. The topological polar surface area (TPSA) is 152 Å². The minimum absolute atomic E-state index is 0.220. The molecule has 0 bridgehead atoms. The van der Waals surface area contributed by atoms with Gasteiger partial charge in [0.05, 0.1) is 13.2 Å². The van der Waals surface area contributed by atoms with Crippen LogP contribution in [0.5, 0.6) is 0 Å². The monoisotopic (exact) mass is 478 g/mol. The number of esters is 2. The first kappa shape index (κ1) is 29.7. The Labute approximate surface area is 196 Å². The van der Waals surface area contributed by atoms with Crippen molar-refractivity contribution in [1.29, 1.82) is 0 Å². The predicted molar refractivity (Wildman–Crippen MR) is 118 cm³/mol. The Morgan fingerprint density at radius 1 is 0.818 bits per heavy atom. The van der Waals surface area contributed by atoms with Crippen molar-refractivity contribution in [2.75, 3.05) is 19.8 Å². The molecule has 0 aromatic heterocycles. The lowest BCUT2D eigenvalue weighted by atomic mass is 9.99. The SMILES string of the molecule is CCCCCCCCC(=O)O[C@H](COC(=O)CCCC)CO[C@@H]1O[C@H](CO)[C@H](O)[C@H](O)[C@H]1O. The summed E-state index contributed by atoms with van der Waals surface area (Å²) < 4.78 is 21.4. The maximum absolute atomic E-state index is 12.3. The first-order valence-corrected chi connectivity index (χ1v) is 12.1. The average Bonchev–Trinajstić information content (AvgIpc) is 2.81. The van der Waals surface area contributed by atoms with E-state index in [9.17, 15) is 30.0 Å². The lowest BCUT2D eigenvalue weighted by Gasteiger charge is -2.39. The molecule has 0 unspecified atom stereocenters. The summed E-state index contributed by atoms with van der Waals surface area (Å²) in [5.74, 6) is -0.862. The van der Waals surface area contributed by atoms with Crippen LogP contribution in [0.25, 0.3) is 0 Å². The van der Waals surface area contributed by atoms with Crippen molar-refractivity contribution in [3.8, 4) is 0 Å². The lowest BCUT2D eigenvalue weighted by molar-refractivity contribution is -0.305. The molecule has 1 saturated heterocycles. The van der Waals surface area contributed by atoms with Crippen LogP contribution >= 0.6 is 0 Å². The van der Waals surface area contributed by atoms with Crippen LogP contribution < -0.4 is 0 Å². The number of hydrogen-bond donors (Lipinski definition) is 4. The molecule has 10 nitrogen and oxygen atoms in total. The van der Waals surface area contributed by atoms with Gasteiger partial charge in [-0.3, -0.25) is 9.59 Å². The second kappa shape index (κ2) is 17.2. The van der Waals surface area contributed by atoms with E-state index in [1.54, 1.807) is 0 Å². The van der Waals surface area contributed by atoms with Crippen molar-refractivity contribution in [3.05, 3.63) is 0 Å². The Hall–Kier alpha value is -1.30. The van der Waals surface area contributed by atoms with E-state index >= 15 is 0 Å². The molecule has 0 amide bonds. The normalized spacial score (nSPS) is 26.1. The number of unbranched alkanes of at least 4 members (excludes halogenated alkanes) is 6. The third-order valence-corrected chi connectivity index (χ3v) is 5.49. The molecule has 0 aliphatic carbocycles. The third kappa shape index (κ3) is 11.6. The van der Waals surface area contributed by atoms with Crippen molar-refractivity contribution in [1.82, 2.24) is 0 Å². The second-order valence-electron chi connectivity index (χ2n) is 8.45. The number of carbonyl (C=O) groups is 2. The van der Waals surface area contributed by atoms with E-state index in [1.165, 1.54) is 6.42 Å². The molecule has 1 rings (SSSR count). The molecule has 194 valence electrons. The third-order valence-electron chi connectivity index (χ3n) is 5.49. The van der Waals surface area contributed by atoms with E-state index < -0.39 is 55.4 Å². The molecule has 0 aromatic rings. The molecule has 33 heavy (non-hydrogen) atoms. The van der Waals surface area contributed by atoms with Gasteiger partial charge in [-0.05, 0) is 12.8 Å². The zero-order chi connectivity index (χ0) is 24.6. The van der Waals surface area contributed by atoms with E-state index in [-0.39, 0.29) is 26.1 Å². The fraction of sp³-hybridized carbons (Fsp3) is 0.913. The number of aliphatic hydroxyl groups is 4. The molecule has 6 atom stereocenters. The standard InChI is InChI=1S/C23H42O10/c1-3-5-7-8-9-10-12-19(26)32-16(14-30-18(25)11-6-4-2)15-31-23-22(29)21(28)20(27)17(13-24)33-23/h16-17,20-24,27-29H,3-15H2,1-2H3/t16-,17-,20+,21+,22-,23-/m1/s1. The van der Waals surface area contributed by atoms with Crippen LogP contribution in [0, 0.1) is 0 Å². The largest absolute Gasteiger partial charge is 0.462 e. The highest BCUT2D eigenvalue weighted by molar-refractivity contribution is 5.70. The molecule has 0 radical (unpaired) electrons. The van der Waals surface area contributed by atoms with E-state index in [1.807, 2.05) is 6.92 Å². The van der Waals surface area contributed by atoms with Crippen molar-refractivity contribution in [2.24, 2.45) is 0 Å². The number of rotatable bonds is 17. The van der Waals surface area contributed by atoms with Crippen molar-refractivity contribution in [3.63, 3.8) is 0 Å². The Bertz CT molecular complexity index is 541. The van der Waals surface area contributed by atoms with E-state index in [0.717, 1.165) is 32.1 Å². The van der Waals surface area contributed by atoms with Gasteiger partial charge in [-0.1, -0.05) is 52.4 Å². The molecule has 1 heterocycles. The predicted octanol–water partition coefficient (Wildman–Crippen LogP) is 1.20. The van der Waals surface area contributed by atoms with E-state index in [4.69, 9.17) is 18.9 Å². The fourth-order valence-corrected chi connectivity index (χ4v) is 3.40. The van der Waals surface area contributed by atoms with Crippen LogP contribution in [0.1, 0.15) is 78.1 Å². The highest BCUT2D eigenvalue weighted by Crippen LogP contribution is 2.22. The van der Waals surface area contributed by atoms with Crippen molar-refractivity contribution < 1.29 is 49.0 Å². The average molecular weight is 479 g/mol. The summed E-state index contributed by atoms with van der Waals surface area (Å²) in [4.78, 5) is 24.1. The Kier molecular flexibility index (Phi) is 15.5. The van der Waals surface area contributed by atoms with Crippen LogP contribution in [0.3, 0.4) is 0 Å². The summed E-state index contributed by atoms with van der Waals surface area (Å²) in [6.07, 6.45) is 0.0528. The molecule has 1 aliphatic rings. The van der Waals surface area contributed by atoms with Gasteiger partial charge in [-0.2, -0.15) is 0 Å². The van der Waals surface area contributed by atoms with Gasteiger partial charge in [0.1, 0.15) is 31.0 Å². The number of aliphatic hydroxyl groups excluding tert-OH is 4. The number of carbonyl (C=O) groups excluding carboxylic acids is 2. The number of ether oxygens (including phenoxy) is 4.